The van der Waals surface area contributed by atoms with E-state index in [9.17, 15) is 14.4 Å². The van der Waals surface area contributed by atoms with Crippen LogP contribution in [0.25, 0.3) is 0 Å². The molecule has 1 saturated heterocycles. The average Bonchev–Trinajstić information content (AvgIpc) is 2.72. The third-order valence-electron chi connectivity index (χ3n) is 2.92. The molecule has 1 aliphatic heterocycles. The predicted molar refractivity (Wildman–Crippen MR) is 78.6 cm³/mol. The molecule has 2 amide bonds. The Labute approximate surface area is 126 Å². The van der Waals surface area contributed by atoms with Gasteiger partial charge < -0.3 is 9.84 Å². The Morgan fingerprint density at radius 2 is 2.14 bits per heavy atom. The van der Waals surface area contributed by atoms with Gasteiger partial charge in [-0.1, -0.05) is 12.1 Å². The highest BCUT2D eigenvalue weighted by molar-refractivity contribution is 8.01. The Morgan fingerprint density at radius 3 is 2.81 bits per heavy atom. The Bertz CT molecular complexity index is 574. The smallest absolute Gasteiger partial charge is 0.313 e. The number of rotatable bonds is 6. The number of carbonyl (C=O) groups is 3. The summed E-state index contributed by atoms with van der Waals surface area (Å²) in [6.07, 6.45) is 0.0112. The number of carboxylic acids is 1. The van der Waals surface area contributed by atoms with E-state index in [-0.39, 0.29) is 18.1 Å². The van der Waals surface area contributed by atoms with E-state index >= 15 is 0 Å². The molecule has 0 spiro atoms. The van der Waals surface area contributed by atoms with Gasteiger partial charge in [-0.25, -0.2) is 4.90 Å². The molecule has 1 N–H and O–H groups in total. The predicted octanol–water partition coefficient (Wildman–Crippen LogP) is 1.53. The summed E-state index contributed by atoms with van der Waals surface area (Å²) in [6.45, 7) is 2.24. The fourth-order valence-electron chi connectivity index (χ4n) is 2.08. The van der Waals surface area contributed by atoms with E-state index in [4.69, 9.17) is 9.84 Å². The van der Waals surface area contributed by atoms with E-state index in [2.05, 4.69) is 0 Å². The minimum absolute atomic E-state index is 0.0112. The molecule has 1 atom stereocenters. The number of aliphatic carboxylic acids is 1. The summed E-state index contributed by atoms with van der Waals surface area (Å²) in [5, 5.41) is 8.02. The van der Waals surface area contributed by atoms with E-state index in [0.29, 0.717) is 18.0 Å². The molecule has 1 aromatic carbocycles. The fourth-order valence-corrected chi connectivity index (χ4v) is 2.93. The number of anilines is 1. The van der Waals surface area contributed by atoms with Gasteiger partial charge in [-0.3, -0.25) is 14.4 Å². The third-order valence-corrected chi connectivity index (χ3v) is 4.10. The van der Waals surface area contributed by atoms with E-state index in [1.807, 2.05) is 6.92 Å². The molecular formula is C14H15NO5S. The Hall–Kier alpha value is -2.02. The van der Waals surface area contributed by atoms with E-state index in [1.54, 1.807) is 24.3 Å². The zero-order valence-corrected chi connectivity index (χ0v) is 12.3. The maximum Gasteiger partial charge on any atom is 0.313 e. The van der Waals surface area contributed by atoms with Crippen molar-refractivity contribution in [2.75, 3.05) is 17.3 Å². The van der Waals surface area contributed by atoms with Crippen molar-refractivity contribution in [1.29, 1.82) is 0 Å². The number of amides is 2. The molecule has 0 radical (unpaired) electrons. The third kappa shape index (κ3) is 3.36. The summed E-state index contributed by atoms with van der Waals surface area (Å²) in [5.41, 5.74) is 0.410. The SMILES string of the molecule is CCOc1ccccc1N1C(=O)C[C@H](SCC(=O)O)C1=O. The first-order valence-corrected chi connectivity index (χ1v) is 7.51. The first kappa shape index (κ1) is 15.4. The van der Waals surface area contributed by atoms with E-state index in [1.165, 1.54) is 0 Å². The van der Waals surface area contributed by atoms with Crippen LogP contribution in [0.1, 0.15) is 13.3 Å². The van der Waals surface area contributed by atoms with Crippen molar-refractivity contribution in [2.45, 2.75) is 18.6 Å². The molecule has 1 fully saturated rings. The van der Waals surface area contributed by atoms with Crippen molar-refractivity contribution in [3.8, 4) is 5.75 Å². The second kappa shape index (κ2) is 6.62. The van der Waals surface area contributed by atoms with Crippen molar-refractivity contribution in [3.05, 3.63) is 24.3 Å². The molecule has 0 aromatic heterocycles. The highest BCUT2D eigenvalue weighted by Gasteiger charge is 2.41. The molecular weight excluding hydrogens is 294 g/mol. The van der Waals surface area contributed by atoms with Crippen LogP contribution in [0.3, 0.4) is 0 Å². The Kier molecular flexibility index (Phi) is 4.85. The first-order valence-electron chi connectivity index (χ1n) is 6.46. The van der Waals surface area contributed by atoms with Gasteiger partial charge in [0, 0.05) is 6.42 Å². The van der Waals surface area contributed by atoms with Crippen LogP contribution >= 0.6 is 11.8 Å². The number of para-hydroxylation sites is 2. The number of hydrogen-bond acceptors (Lipinski definition) is 5. The molecule has 0 unspecified atom stereocenters. The van der Waals surface area contributed by atoms with Crippen molar-refractivity contribution in [2.24, 2.45) is 0 Å². The van der Waals surface area contributed by atoms with Gasteiger partial charge in [-0.2, -0.15) is 0 Å². The topological polar surface area (TPSA) is 83.9 Å². The van der Waals surface area contributed by atoms with Gasteiger partial charge in [0.15, 0.2) is 0 Å². The minimum atomic E-state index is -1.01. The lowest BCUT2D eigenvalue weighted by atomic mass is 10.2. The summed E-state index contributed by atoms with van der Waals surface area (Å²) in [6, 6.07) is 6.81. The molecule has 1 aliphatic rings. The van der Waals surface area contributed by atoms with Gasteiger partial charge in [-0.05, 0) is 19.1 Å². The molecule has 7 heteroatoms. The van der Waals surface area contributed by atoms with Gasteiger partial charge in [0.05, 0.1) is 23.3 Å². The Morgan fingerprint density at radius 1 is 1.43 bits per heavy atom. The number of nitrogens with zero attached hydrogens (tertiary/aromatic N) is 1. The van der Waals surface area contributed by atoms with Crippen LogP contribution in [0.15, 0.2) is 24.3 Å². The lowest BCUT2D eigenvalue weighted by Gasteiger charge is -2.18. The van der Waals surface area contributed by atoms with Crippen LogP contribution in [-0.4, -0.2) is 40.5 Å². The zero-order valence-electron chi connectivity index (χ0n) is 11.4. The molecule has 6 nitrogen and oxygen atoms in total. The summed E-state index contributed by atoms with van der Waals surface area (Å²) in [4.78, 5) is 36.1. The molecule has 1 aromatic rings. The molecule has 2 rings (SSSR count). The van der Waals surface area contributed by atoms with Crippen molar-refractivity contribution >= 4 is 35.2 Å². The number of carboxylic acid groups (broad SMARTS) is 1. The maximum atomic E-state index is 12.3. The van der Waals surface area contributed by atoms with Crippen molar-refractivity contribution < 1.29 is 24.2 Å². The van der Waals surface area contributed by atoms with Gasteiger partial charge in [-0.15, -0.1) is 11.8 Å². The lowest BCUT2D eigenvalue weighted by molar-refractivity contribution is -0.134. The van der Waals surface area contributed by atoms with Crippen LogP contribution in [0.5, 0.6) is 5.75 Å². The molecule has 1 heterocycles. The fraction of sp³-hybridized carbons (Fsp3) is 0.357. The summed E-state index contributed by atoms with van der Waals surface area (Å²) in [5.74, 6) is -1.47. The van der Waals surface area contributed by atoms with Crippen LogP contribution < -0.4 is 9.64 Å². The number of benzene rings is 1. The largest absolute Gasteiger partial charge is 0.492 e. The monoisotopic (exact) mass is 309 g/mol. The highest BCUT2D eigenvalue weighted by Crippen LogP contribution is 2.35. The number of imide groups is 1. The van der Waals surface area contributed by atoms with Crippen molar-refractivity contribution in [3.63, 3.8) is 0 Å². The summed E-state index contributed by atoms with van der Waals surface area (Å²) in [7, 11) is 0. The standard InChI is InChI=1S/C14H15NO5S/c1-2-20-10-6-4-3-5-9(10)15-12(16)7-11(14(15)19)21-8-13(17)18/h3-6,11H,2,7-8H2,1H3,(H,17,18)/t11-/m0/s1. The second-order valence-corrected chi connectivity index (χ2v) is 5.56. The second-order valence-electron chi connectivity index (χ2n) is 4.37. The number of ether oxygens (including phenoxy) is 1. The lowest BCUT2D eigenvalue weighted by Crippen LogP contribution is -2.31. The van der Waals surface area contributed by atoms with E-state index in [0.717, 1.165) is 16.7 Å². The quantitative estimate of drug-likeness (QED) is 0.802. The highest BCUT2D eigenvalue weighted by atomic mass is 32.2. The van der Waals surface area contributed by atoms with Gasteiger partial charge in [0.1, 0.15) is 5.75 Å². The Balaban J connectivity index is 2.22. The maximum absolute atomic E-state index is 12.3. The zero-order chi connectivity index (χ0) is 15.4. The number of thioether (sulfide) groups is 1. The molecule has 112 valence electrons. The first-order chi connectivity index (χ1) is 10.0. The molecule has 0 bridgehead atoms. The number of carbonyl (C=O) groups excluding carboxylic acids is 2. The van der Waals surface area contributed by atoms with Crippen LogP contribution in [0.4, 0.5) is 5.69 Å². The van der Waals surface area contributed by atoms with Crippen molar-refractivity contribution in [1.82, 2.24) is 0 Å². The minimum Gasteiger partial charge on any atom is -0.492 e. The van der Waals surface area contributed by atoms with Gasteiger partial charge in [0.25, 0.3) is 0 Å². The van der Waals surface area contributed by atoms with E-state index < -0.39 is 17.1 Å². The van der Waals surface area contributed by atoms with Crippen LogP contribution in [-0.2, 0) is 14.4 Å². The van der Waals surface area contributed by atoms with Gasteiger partial charge >= 0.3 is 5.97 Å². The molecule has 21 heavy (non-hydrogen) atoms. The molecule has 0 saturated carbocycles. The van der Waals surface area contributed by atoms with Crippen LogP contribution in [0.2, 0.25) is 0 Å². The van der Waals surface area contributed by atoms with Crippen LogP contribution in [0, 0.1) is 0 Å². The molecule has 0 aliphatic carbocycles. The number of hydrogen-bond donors (Lipinski definition) is 1. The average molecular weight is 309 g/mol. The summed E-state index contributed by atoms with van der Waals surface area (Å²) < 4.78 is 5.43. The normalized spacial score (nSPS) is 18.1. The summed E-state index contributed by atoms with van der Waals surface area (Å²) >= 11 is 0.969. The van der Waals surface area contributed by atoms with Gasteiger partial charge in [0.2, 0.25) is 11.8 Å².